The number of para-hydroxylation sites is 1. The van der Waals surface area contributed by atoms with Gasteiger partial charge in [-0.25, -0.2) is 9.79 Å². The fourth-order valence-electron chi connectivity index (χ4n) is 2.43. The molecule has 2 aromatic rings. The van der Waals surface area contributed by atoms with Crippen LogP contribution in [0, 0.1) is 6.92 Å². The van der Waals surface area contributed by atoms with Gasteiger partial charge >= 0.3 is 5.97 Å². The van der Waals surface area contributed by atoms with Gasteiger partial charge in [-0.15, -0.1) is 0 Å². The molecule has 1 amide bonds. The molecule has 0 saturated carbocycles. The highest BCUT2D eigenvalue weighted by Gasteiger charge is 2.24. The fraction of sp³-hybridized carbons (Fsp3) is 0.190. The first-order valence-corrected chi connectivity index (χ1v) is 9.60. The number of rotatable bonds is 6. The number of aliphatic imine (C=N–C) groups is 1. The number of amidine groups is 1. The third-order valence-corrected chi connectivity index (χ3v) is 4.68. The summed E-state index contributed by atoms with van der Waals surface area (Å²) in [4.78, 5) is 28.8. The van der Waals surface area contributed by atoms with Gasteiger partial charge in [0.2, 0.25) is 0 Å². The predicted octanol–water partition coefficient (Wildman–Crippen LogP) is 3.83. The van der Waals surface area contributed by atoms with Gasteiger partial charge in [-0.05, 0) is 49.9 Å². The first-order chi connectivity index (χ1) is 13.5. The summed E-state index contributed by atoms with van der Waals surface area (Å²) in [6.07, 6.45) is 1.72. The summed E-state index contributed by atoms with van der Waals surface area (Å²) in [6, 6.07) is 14.9. The first-order valence-electron chi connectivity index (χ1n) is 8.79. The topological polar surface area (TPSA) is 77.0 Å². The van der Waals surface area contributed by atoms with Crippen molar-refractivity contribution in [3.05, 3.63) is 64.6 Å². The monoisotopic (exact) mass is 396 g/mol. The highest BCUT2D eigenvalue weighted by Crippen LogP contribution is 2.30. The number of nitrogens with zero attached hydrogens (tertiary/aromatic N) is 1. The van der Waals surface area contributed by atoms with Gasteiger partial charge < -0.3 is 14.8 Å². The van der Waals surface area contributed by atoms with E-state index in [1.165, 1.54) is 11.8 Å². The lowest BCUT2D eigenvalue weighted by molar-refractivity contribution is -0.145. The Morgan fingerprint density at radius 3 is 2.68 bits per heavy atom. The molecule has 0 radical (unpaired) electrons. The van der Waals surface area contributed by atoms with Crippen LogP contribution in [-0.2, 0) is 14.3 Å². The Morgan fingerprint density at radius 2 is 1.93 bits per heavy atom. The molecule has 6 nitrogen and oxygen atoms in total. The average molecular weight is 396 g/mol. The van der Waals surface area contributed by atoms with Crippen LogP contribution >= 0.6 is 11.8 Å². The number of thioether (sulfide) groups is 1. The lowest BCUT2D eigenvalue weighted by atomic mass is 10.2. The number of amides is 1. The SMILES string of the molecule is CCOC(=O)COc1ccccc1/C=C1\SC(=Nc2ccc(C)cc2)NC1=O. The highest BCUT2D eigenvalue weighted by molar-refractivity contribution is 8.18. The second-order valence-electron chi connectivity index (χ2n) is 5.95. The lowest BCUT2D eigenvalue weighted by Gasteiger charge is -2.08. The van der Waals surface area contributed by atoms with Gasteiger partial charge in [0.25, 0.3) is 5.91 Å². The molecule has 1 fully saturated rings. The minimum atomic E-state index is -0.439. The van der Waals surface area contributed by atoms with E-state index < -0.39 is 5.97 Å². The Balaban J connectivity index is 1.75. The van der Waals surface area contributed by atoms with Crippen molar-refractivity contribution in [3.63, 3.8) is 0 Å². The molecular weight excluding hydrogens is 376 g/mol. The molecule has 1 aliphatic rings. The van der Waals surface area contributed by atoms with Gasteiger partial charge in [0.15, 0.2) is 11.8 Å². The summed E-state index contributed by atoms with van der Waals surface area (Å²) in [7, 11) is 0. The van der Waals surface area contributed by atoms with E-state index in [1.54, 1.807) is 25.1 Å². The number of ether oxygens (including phenoxy) is 2. The molecule has 0 atom stereocenters. The molecule has 1 N–H and O–H groups in total. The summed E-state index contributed by atoms with van der Waals surface area (Å²) in [5.74, 6) is -0.165. The lowest BCUT2D eigenvalue weighted by Crippen LogP contribution is -2.19. The molecule has 1 heterocycles. The van der Waals surface area contributed by atoms with Crippen molar-refractivity contribution in [2.24, 2.45) is 4.99 Å². The molecule has 0 aromatic heterocycles. The predicted molar refractivity (Wildman–Crippen MR) is 111 cm³/mol. The molecule has 144 valence electrons. The Kier molecular flexibility index (Phi) is 6.49. The number of nitrogens with one attached hydrogen (secondary N) is 1. The van der Waals surface area contributed by atoms with E-state index in [2.05, 4.69) is 10.3 Å². The largest absolute Gasteiger partial charge is 0.481 e. The molecule has 0 bridgehead atoms. The molecule has 3 rings (SSSR count). The molecule has 1 aliphatic heterocycles. The maximum Gasteiger partial charge on any atom is 0.344 e. The molecule has 1 saturated heterocycles. The first kappa shape index (κ1) is 19.7. The van der Waals surface area contributed by atoms with Crippen LogP contribution in [0.3, 0.4) is 0 Å². The van der Waals surface area contributed by atoms with Gasteiger partial charge in [-0.1, -0.05) is 35.9 Å². The van der Waals surface area contributed by atoms with Crippen molar-refractivity contribution < 1.29 is 19.1 Å². The summed E-state index contributed by atoms with van der Waals surface area (Å²) >= 11 is 1.26. The van der Waals surface area contributed by atoms with Crippen LogP contribution in [0.15, 0.2) is 58.4 Å². The summed E-state index contributed by atoms with van der Waals surface area (Å²) < 4.78 is 10.4. The van der Waals surface area contributed by atoms with E-state index in [-0.39, 0.29) is 12.5 Å². The minimum absolute atomic E-state index is 0.187. The Bertz CT molecular complexity index is 936. The molecule has 0 aliphatic carbocycles. The van der Waals surface area contributed by atoms with Crippen LogP contribution in [-0.4, -0.2) is 30.3 Å². The van der Waals surface area contributed by atoms with Gasteiger partial charge in [0, 0.05) is 5.56 Å². The zero-order chi connectivity index (χ0) is 19.9. The third kappa shape index (κ3) is 5.23. The van der Waals surface area contributed by atoms with E-state index in [4.69, 9.17) is 9.47 Å². The van der Waals surface area contributed by atoms with Crippen LogP contribution in [0.2, 0.25) is 0 Å². The molecule has 0 spiro atoms. The van der Waals surface area contributed by atoms with Crippen molar-refractivity contribution >= 4 is 40.6 Å². The van der Waals surface area contributed by atoms with Crippen LogP contribution in [0.25, 0.3) is 6.08 Å². The smallest absolute Gasteiger partial charge is 0.344 e. The van der Waals surface area contributed by atoms with Crippen LogP contribution in [0.4, 0.5) is 5.69 Å². The van der Waals surface area contributed by atoms with E-state index in [0.29, 0.717) is 28.0 Å². The van der Waals surface area contributed by atoms with E-state index in [1.807, 2.05) is 43.3 Å². The van der Waals surface area contributed by atoms with Crippen LogP contribution < -0.4 is 10.1 Å². The number of hydrogen-bond acceptors (Lipinski definition) is 6. The minimum Gasteiger partial charge on any atom is -0.481 e. The van der Waals surface area contributed by atoms with Crippen LogP contribution in [0.5, 0.6) is 5.75 Å². The van der Waals surface area contributed by atoms with Gasteiger partial charge in [0.1, 0.15) is 5.75 Å². The number of carbonyl (C=O) groups excluding carboxylic acids is 2. The maximum atomic E-state index is 12.3. The van der Waals surface area contributed by atoms with Crippen molar-refractivity contribution in [2.75, 3.05) is 13.2 Å². The number of hydrogen-bond donors (Lipinski definition) is 1. The van der Waals surface area contributed by atoms with Gasteiger partial charge in [-0.2, -0.15) is 0 Å². The average Bonchev–Trinajstić information content (AvgIpc) is 3.02. The number of benzene rings is 2. The van der Waals surface area contributed by atoms with Gasteiger partial charge in [-0.3, -0.25) is 4.79 Å². The normalized spacial score (nSPS) is 16.3. The Morgan fingerprint density at radius 1 is 1.18 bits per heavy atom. The molecule has 7 heteroatoms. The number of aryl methyl sites for hydroxylation is 1. The van der Waals surface area contributed by atoms with Crippen molar-refractivity contribution in [1.82, 2.24) is 5.32 Å². The van der Waals surface area contributed by atoms with Crippen molar-refractivity contribution in [2.45, 2.75) is 13.8 Å². The summed E-state index contributed by atoms with van der Waals surface area (Å²) in [5.41, 5.74) is 2.61. The Hall–Kier alpha value is -3.06. The Labute approximate surface area is 167 Å². The van der Waals surface area contributed by atoms with Crippen molar-refractivity contribution in [1.29, 1.82) is 0 Å². The molecular formula is C21H20N2O4S. The molecule has 28 heavy (non-hydrogen) atoms. The fourth-order valence-corrected chi connectivity index (χ4v) is 3.26. The second kappa shape index (κ2) is 9.23. The zero-order valence-corrected chi connectivity index (χ0v) is 16.4. The third-order valence-electron chi connectivity index (χ3n) is 3.77. The summed E-state index contributed by atoms with van der Waals surface area (Å²) in [5, 5.41) is 3.28. The quantitative estimate of drug-likeness (QED) is 0.593. The molecule has 0 unspecified atom stereocenters. The standard InChI is InChI=1S/C21H20N2O4S/c1-3-26-19(24)13-27-17-7-5-4-6-15(17)12-18-20(25)23-21(28-18)22-16-10-8-14(2)9-11-16/h4-12H,3,13H2,1-2H3,(H,22,23,25)/b18-12-. The molecule has 2 aromatic carbocycles. The number of carbonyl (C=O) groups is 2. The van der Waals surface area contributed by atoms with Crippen LogP contribution in [0.1, 0.15) is 18.1 Å². The van der Waals surface area contributed by atoms with Crippen molar-refractivity contribution in [3.8, 4) is 5.75 Å². The van der Waals surface area contributed by atoms with E-state index in [9.17, 15) is 9.59 Å². The van der Waals surface area contributed by atoms with E-state index >= 15 is 0 Å². The maximum absolute atomic E-state index is 12.3. The zero-order valence-electron chi connectivity index (χ0n) is 15.6. The second-order valence-corrected chi connectivity index (χ2v) is 6.98. The summed E-state index contributed by atoms with van der Waals surface area (Å²) in [6.45, 7) is 3.86. The highest BCUT2D eigenvalue weighted by atomic mass is 32.2. The van der Waals surface area contributed by atoms with E-state index in [0.717, 1.165) is 11.3 Å². The number of esters is 1. The van der Waals surface area contributed by atoms with Gasteiger partial charge in [0.05, 0.1) is 17.2 Å².